The maximum atomic E-state index is 10.8. The quantitative estimate of drug-likeness (QED) is 0.777. The van der Waals surface area contributed by atoms with Gasteiger partial charge in [0.2, 0.25) is 0 Å². The van der Waals surface area contributed by atoms with Crippen LogP contribution in [-0.2, 0) is 6.42 Å². The highest BCUT2D eigenvalue weighted by molar-refractivity contribution is 5.89. The molecule has 0 saturated carbocycles. The molecule has 0 fully saturated rings. The van der Waals surface area contributed by atoms with Crippen LogP contribution in [0.5, 0.6) is 0 Å². The van der Waals surface area contributed by atoms with Gasteiger partial charge in [0.25, 0.3) is 0 Å². The van der Waals surface area contributed by atoms with Crippen molar-refractivity contribution in [2.75, 3.05) is 5.73 Å². The van der Waals surface area contributed by atoms with Gasteiger partial charge in [-0.15, -0.1) is 5.10 Å². The van der Waals surface area contributed by atoms with Gasteiger partial charge in [0.15, 0.2) is 5.82 Å². The fraction of sp³-hybridized carbons (Fsp3) is 0.273. The minimum atomic E-state index is -1.02. The van der Waals surface area contributed by atoms with E-state index in [-0.39, 0.29) is 5.56 Å². The Morgan fingerprint density at radius 1 is 1.50 bits per heavy atom. The van der Waals surface area contributed by atoms with Crippen LogP contribution in [0.1, 0.15) is 29.5 Å². The number of nitrogens with zero attached hydrogens (tertiary/aromatic N) is 4. The van der Waals surface area contributed by atoms with Crippen LogP contribution in [0.25, 0.3) is 5.69 Å². The van der Waals surface area contributed by atoms with Crippen LogP contribution in [0.4, 0.5) is 5.69 Å². The average Bonchev–Trinajstić information content (AvgIpc) is 2.77. The molecule has 0 aliphatic heterocycles. The standard InChI is InChI=1S/C11H13N5O2/c1-2-3-10-13-14-15-16(10)9-5-4-7(11(17)18)6-8(9)12/h4-6H,2-3,12H2,1H3,(H,17,18). The van der Waals surface area contributed by atoms with Crippen molar-refractivity contribution >= 4 is 11.7 Å². The van der Waals surface area contributed by atoms with Crippen molar-refractivity contribution in [3.05, 3.63) is 29.6 Å². The van der Waals surface area contributed by atoms with Crippen LogP contribution < -0.4 is 5.73 Å². The van der Waals surface area contributed by atoms with Gasteiger partial charge >= 0.3 is 5.97 Å². The van der Waals surface area contributed by atoms with Crippen molar-refractivity contribution in [2.45, 2.75) is 19.8 Å². The van der Waals surface area contributed by atoms with E-state index in [0.717, 1.165) is 12.8 Å². The Morgan fingerprint density at radius 2 is 2.28 bits per heavy atom. The van der Waals surface area contributed by atoms with Gasteiger partial charge in [0, 0.05) is 6.42 Å². The maximum Gasteiger partial charge on any atom is 0.335 e. The number of tetrazole rings is 1. The lowest BCUT2D eigenvalue weighted by molar-refractivity contribution is 0.0697. The number of benzene rings is 1. The molecule has 0 saturated heterocycles. The molecule has 7 nitrogen and oxygen atoms in total. The topological polar surface area (TPSA) is 107 Å². The van der Waals surface area contributed by atoms with Crippen LogP contribution in [0.15, 0.2) is 18.2 Å². The summed E-state index contributed by atoms with van der Waals surface area (Å²) in [6.45, 7) is 2.02. The van der Waals surface area contributed by atoms with Crippen molar-refractivity contribution in [1.82, 2.24) is 20.2 Å². The molecule has 1 aromatic heterocycles. The average molecular weight is 247 g/mol. The van der Waals surface area contributed by atoms with Gasteiger partial charge in [-0.05, 0) is 35.0 Å². The van der Waals surface area contributed by atoms with E-state index in [9.17, 15) is 4.79 Å². The second-order valence-electron chi connectivity index (χ2n) is 3.84. The van der Waals surface area contributed by atoms with Crippen molar-refractivity contribution in [3.63, 3.8) is 0 Å². The van der Waals surface area contributed by atoms with Crippen molar-refractivity contribution in [3.8, 4) is 5.69 Å². The number of aromatic carboxylic acids is 1. The van der Waals surface area contributed by atoms with Gasteiger partial charge in [0.05, 0.1) is 16.9 Å². The fourth-order valence-electron chi connectivity index (χ4n) is 1.65. The van der Waals surface area contributed by atoms with Gasteiger partial charge in [-0.1, -0.05) is 6.92 Å². The summed E-state index contributed by atoms with van der Waals surface area (Å²) in [5, 5.41) is 20.3. The molecule has 94 valence electrons. The summed E-state index contributed by atoms with van der Waals surface area (Å²) in [6.07, 6.45) is 1.64. The predicted molar refractivity (Wildman–Crippen MR) is 64.5 cm³/mol. The lowest BCUT2D eigenvalue weighted by Gasteiger charge is -2.07. The summed E-state index contributed by atoms with van der Waals surface area (Å²) in [5.74, 6) is -0.314. The summed E-state index contributed by atoms with van der Waals surface area (Å²) < 4.78 is 1.53. The molecule has 0 aliphatic rings. The molecule has 0 atom stereocenters. The largest absolute Gasteiger partial charge is 0.478 e. The smallest absolute Gasteiger partial charge is 0.335 e. The van der Waals surface area contributed by atoms with Gasteiger partial charge in [-0.25, -0.2) is 4.79 Å². The van der Waals surface area contributed by atoms with Gasteiger partial charge < -0.3 is 10.8 Å². The number of carboxylic acids is 1. The zero-order chi connectivity index (χ0) is 13.1. The summed E-state index contributed by atoms with van der Waals surface area (Å²) in [5.41, 5.74) is 6.90. The number of hydrogen-bond donors (Lipinski definition) is 2. The Labute approximate surface area is 103 Å². The van der Waals surface area contributed by atoms with Crippen LogP contribution in [-0.4, -0.2) is 31.3 Å². The third kappa shape index (κ3) is 2.15. The Hall–Kier alpha value is -2.44. The molecular formula is C11H13N5O2. The molecule has 2 aromatic rings. The summed E-state index contributed by atoms with van der Waals surface area (Å²) in [4.78, 5) is 10.8. The van der Waals surface area contributed by atoms with E-state index in [0.29, 0.717) is 17.2 Å². The Balaban J connectivity index is 2.44. The van der Waals surface area contributed by atoms with Crippen molar-refractivity contribution in [2.24, 2.45) is 0 Å². The summed E-state index contributed by atoms with van der Waals surface area (Å²) in [6, 6.07) is 4.48. The first-order valence-corrected chi connectivity index (χ1v) is 5.54. The molecule has 0 aliphatic carbocycles. The maximum absolute atomic E-state index is 10.8. The predicted octanol–water partition coefficient (Wildman–Crippen LogP) is 0.895. The first-order valence-electron chi connectivity index (χ1n) is 5.54. The van der Waals surface area contributed by atoms with Gasteiger partial charge in [0.1, 0.15) is 0 Å². The van der Waals surface area contributed by atoms with Crippen molar-refractivity contribution < 1.29 is 9.90 Å². The van der Waals surface area contributed by atoms with Crippen LogP contribution in [0, 0.1) is 0 Å². The molecular weight excluding hydrogens is 234 g/mol. The number of aromatic nitrogens is 4. The molecule has 1 aromatic carbocycles. The van der Waals surface area contributed by atoms with Crippen molar-refractivity contribution in [1.29, 1.82) is 0 Å². The number of carboxylic acid groups (broad SMARTS) is 1. The Bertz CT molecular complexity index is 579. The lowest BCUT2D eigenvalue weighted by atomic mass is 10.1. The van der Waals surface area contributed by atoms with Gasteiger partial charge in [-0.2, -0.15) is 4.68 Å². The Morgan fingerprint density at radius 3 is 2.89 bits per heavy atom. The third-order valence-electron chi connectivity index (χ3n) is 2.51. The fourth-order valence-corrected chi connectivity index (χ4v) is 1.65. The van der Waals surface area contributed by atoms with E-state index in [1.807, 2.05) is 6.92 Å². The molecule has 7 heteroatoms. The molecule has 0 radical (unpaired) electrons. The van der Waals surface area contributed by atoms with Crippen LogP contribution in [0.2, 0.25) is 0 Å². The minimum absolute atomic E-state index is 0.140. The highest BCUT2D eigenvalue weighted by Gasteiger charge is 2.12. The normalized spacial score (nSPS) is 10.5. The number of aryl methyl sites for hydroxylation is 1. The zero-order valence-electron chi connectivity index (χ0n) is 9.87. The molecule has 0 spiro atoms. The first kappa shape index (κ1) is 12.0. The summed E-state index contributed by atoms with van der Waals surface area (Å²) >= 11 is 0. The van der Waals surface area contributed by atoms with Crippen LogP contribution in [0.3, 0.4) is 0 Å². The highest BCUT2D eigenvalue weighted by Crippen LogP contribution is 2.19. The molecule has 18 heavy (non-hydrogen) atoms. The number of nitrogen functional groups attached to an aromatic ring is 1. The van der Waals surface area contributed by atoms with E-state index >= 15 is 0 Å². The number of anilines is 1. The number of rotatable bonds is 4. The molecule has 0 amide bonds. The monoisotopic (exact) mass is 247 g/mol. The van der Waals surface area contributed by atoms with E-state index in [2.05, 4.69) is 15.5 Å². The second-order valence-corrected chi connectivity index (χ2v) is 3.84. The molecule has 0 unspecified atom stereocenters. The van der Waals surface area contributed by atoms with E-state index in [1.54, 1.807) is 6.07 Å². The minimum Gasteiger partial charge on any atom is -0.478 e. The first-order chi connectivity index (χ1) is 8.63. The zero-order valence-corrected chi connectivity index (χ0v) is 9.87. The second kappa shape index (κ2) is 4.82. The van der Waals surface area contributed by atoms with E-state index < -0.39 is 5.97 Å². The van der Waals surface area contributed by atoms with Gasteiger partial charge in [-0.3, -0.25) is 0 Å². The highest BCUT2D eigenvalue weighted by atomic mass is 16.4. The molecule has 2 rings (SSSR count). The Kier molecular flexibility index (Phi) is 3.22. The SMILES string of the molecule is CCCc1nnnn1-c1ccc(C(=O)O)cc1N. The van der Waals surface area contributed by atoms with Crippen LogP contribution >= 0.6 is 0 Å². The molecule has 3 N–H and O–H groups in total. The number of hydrogen-bond acceptors (Lipinski definition) is 5. The summed E-state index contributed by atoms with van der Waals surface area (Å²) in [7, 11) is 0. The van der Waals surface area contributed by atoms with E-state index in [4.69, 9.17) is 10.8 Å². The van der Waals surface area contributed by atoms with E-state index in [1.165, 1.54) is 16.8 Å². The third-order valence-corrected chi connectivity index (χ3v) is 2.51. The number of carbonyl (C=O) groups is 1. The number of nitrogens with two attached hydrogens (primary N) is 1. The molecule has 1 heterocycles. The molecule has 0 bridgehead atoms. The lowest BCUT2D eigenvalue weighted by Crippen LogP contribution is -2.07.